The largest absolute Gasteiger partial charge is 0.350 e. The molecule has 45 heavy (non-hydrogen) atoms. The first kappa shape index (κ1) is 32.4. The summed E-state index contributed by atoms with van der Waals surface area (Å²) in [6.07, 6.45) is 2.62. The maximum Gasteiger partial charge on any atom is 0.243 e. The van der Waals surface area contributed by atoms with E-state index in [0.717, 1.165) is 40.7 Å². The Hall–Kier alpha value is -3.98. The summed E-state index contributed by atoms with van der Waals surface area (Å²) >= 11 is 6.14. The van der Waals surface area contributed by atoms with E-state index in [9.17, 15) is 18.0 Å². The van der Waals surface area contributed by atoms with E-state index in [-0.39, 0.29) is 35.7 Å². The molecular weight excluding hydrogens is 606 g/mol. The van der Waals surface area contributed by atoms with Crippen LogP contribution >= 0.6 is 11.6 Å². The third kappa shape index (κ3) is 9.50. The average Bonchev–Trinajstić information content (AvgIpc) is 3.86. The van der Waals surface area contributed by atoms with Gasteiger partial charge in [0.1, 0.15) is 6.04 Å². The van der Waals surface area contributed by atoms with Crippen LogP contribution in [0, 0.1) is 6.92 Å². The number of sulfonamides is 1. The van der Waals surface area contributed by atoms with Gasteiger partial charge in [0.2, 0.25) is 21.8 Å². The molecule has 234 valence electrons. The molecule has 2 amide bonds. The molecule has 0 radical (unpaired) electrons. The number of aryl methyl sites for hydroxylation is 2. The van der Waals surface area contributed by atoms with Crippen molar-refractivity contribution in [3.8, 4) is 0 Å². The molecule has 0 aliphatic heterocycles. The highest BCUT2D eigenvalue weighted by Gasteiger charge is 2.31. The fourth-order valence-corrected chi connectivity index (χ4v) is 6.50. The van der Waals surface area contributed by atoms with Crippen molar-refractivity contribution in [2.45, 2.75) is 69.1 Å². The van der Waals surface area contributed by atoms with Crippen molar-refractivity contribution in [1.82, 2.24) is 14.9 Å². The Morgan fingerprint density at radius 2 is 1.44 bits per heavy atom. The van der Waals surface area contributed by atoms with Gasteiger partial charge in [0.25, 0.3) is 0 Å². The zero-order valence-electron chi connectivity index (χ0n) is 25.3. The number of nitrogens with zero attached hydrogens (tertiary/aromatic N) is 1. The van der Waals surface area contributed by atoms with Crippen LogP contribution in [0.3, 0.4) is 0 Å². The Kier molecular flexibility index (Phi) is 10.7. The fraction of sp³-hybridized carbons (Fsp3) is 0.278. The molecule has 0 bridgehead atoms. The molecule has 1 fully saturated rings. The number of carbonyl (C=O) groups excluding carboxylic acids is 2. The maximum atomic E-state index is 14.0. The second kappa shape index (κ2) is 14.9. The van der Waals surface area contributed by atoms with Crippen molar-refractivity contribution in [2.75, 3.05) is 0 Å². The number of nitrogens with one attached hydrogen (secondary N) is 2. The summed E-state index contributed by atoms with van der Waals surface area (Å²) in [5, 5.41) is 3.65. The number of rotatable bonds is 14. The molecule has 0 heterocycles. The van der Waals surface area contributed by atoms with E-state index in [4.69, 9.17) is 11.6 Å². The standard InChI is InChI=1S/C36H38ClN3O4S/c1-26-7-9-29(10-8-26)24-38-36(42)34(23-28-5-3-2-4-6-28)40(25-30-11-16-31(37)17-12-30)35(41)22-15-27-13-20-33(21-14-27)45(43,44)39-32-18-19-32/h2-14,16-17,20-21,32,34,39H,15,18-19,22-25H2,1H3,(H,38,42)/t34-/m1/s1. The highest BCUT2D eigenvalue weighted by Crippen LogP contribution is 2.23. The Morgan fingerprint density at radius 1 is 0.822 bits per heavy atom. The smallest absolute Gasteiger partial charge is 0.243 e. The van der Waals surface area contributed by atoms with Gasteiger partial charge in [0.05, 0.1) is 4.90 Å². The first-order valence-corrected chi connectivity index (χ1v) is 17.0. The van der Waals surface area contributed by atoms with Crippen LogP contribution in [-0.4, -0.2) is 37.2 Å². The summed E-state index contributed by atoms with van der Waals surface area (Å²) in [6, 6.07) is 30.8. The Labute approximate surface area is 270 Å². The minimum absolute atomic E-state index is 0.0249. The minimum Gasteiger partial charge on any atom is -0.350 e. The molecule has 1 aliphatic carbocycles. The summed E-state index contributed by atoms with van der Waals surface area (Å²) in [7, 11) is -3.55. The molecule has 2 N–H and O–H groups in total. The predicted molar refractivity (Wildman–Crippen MR) is 177 cm³/mol. The quantitative estimate of drug-likeness (QED) is 0.177. The normalized spacial score (nSPS) is 13.6. The SMILES string of the molecule is Cc1ccc(CNC(=O)[C@@H](Cc2ccccc2)N(Cc2ccc(Cl)cc2)C(=O)CCc2ccc(S(=O)(=O)NC3CC3)cc2)cc1. The summed E-state index contributed by atoms with van der Waals surface area (Å²) in [6.45, 7) is 2.59. The number of hydrogen-bond acceptors (Lipinski definition) is 4. The summed E-state index contributed by atoms with van der Waals surface area (Å²) in [5.74, 6) is -0.414. The molecule has 5 rings (SSSR count). The number of halogens is 1. The fourth-order valence-electron chi connectivity index (χ4n) is 5.07. The molecule has 7 nitrogen and oxygen atoms in total. The van der Waals surface area contributed by atoms with E-state index >= 15 is 0 Å². The summed E-state index contributed by atoms with van der Waals surface area (Å²) in [4.78, 5) is 29.7. The van der Waals surface area contributed by atoms with Crippen LogP contribution in [0.1, 0.15) is 47.1 Å². The van der Waals surface area contributed by atoms with Gasteiger partial charge in [0, 0.05) is 37.0 Å². The van der Waals surface area contributed by atoms with Gasteiger partial charge >= 0.3 is 0 Å². The monoisotopic (exact) mass is 643 g/mol. The van der Waals surface area contributed by atoms with Gasteiger partial charge in [-0.2, -0.15) is 0 Å². The lowest BCUT2D eigenvalue weighted by Crippen LogP contribution is -2.50. The third-order valence-corrected chi connectivity index (χ3v) is 9.67. The molecule has 9 heteroatoms. The van der Waals surface area contributed by atoms with Crippen molar-refractivity contribution in [3.05, 3.63) is 136 Å². The van der Waals surface area contributed by atoms with Gasteiger partial charge < -0.3 is 10.2 Å². The Bertz CT molecular complexity index is 1690. The van der Waals surface area contributed by atoms with Crippen molar-refractivity contribution in [2.24, 2.45) is 0 Å². The van der Waals surface area contributed by atoms with Gasteiger partial charge in [-0.3, -0.25) is 9.59 Å². The van der Waals surface area contributed by atoms with Crippen molar-refractivity contribution in [1.29, 1.82) is 0 Å². The van der Waals surface area contributed by atoms with Gasteiger partial charge in [-0.15, -0.1) is 0 Å². The molecule has 4 aromatic carbocycles. The van der Waals surface area contributed by atoms with E-state index in [1.807, 2.05) is 73.7 Å². The lowest BCUT2D eigenvalue weighted by atomic mass is 10.0. The molecule has 4 aromatic rings. The van der Waals surface area contributed by atoms with Crippen LogP contribution < -0.4 is 10.0 Å². The first-order valence-electron chi connectivity index (χ1n) is 15.2. The highest BCUT2D eigenvalue weighted by atomic mass is 35.5. The highest BCUT2D eigenvalue weighted by molar-refractivity contribution is 7.89. The molecule has 1 aliphatic rings. The first-order chi connectivity index (χ1) is 21.7. The zero-order valence-corrected chi connectivity index (χ0v) is 26.9. The van der Waals surface area contributed by atoms with E-state index < -0.39 is 16.1 Å². The van der Waals surface area contributed by atoms with Crippen molar-refractivity contribution >= 4 is 33.4 Å². The van der Waals surface area contributed by atoms with E-state index in [2.05, 4.69) is 10.0 Å². The molecule has 0 saturated heterocycles. The lowest BCUT2D eigenvalue weighted by Gasteiger charge is -2.32. The number of amides is 2. The predicted octanol–water partition coefficient (Wildman–Crippen LogP) is 5.98. The Morgan fingerprint density at radius 3 is 2.09 bits per heavy atom. The third-order valence-electron chi connectivity index (χ3n) is 7.88. The van der Waals surface area contributed by atoms with Crippen LogP contribution in [0.25, 0.3) is 0 Å². The van der Waals surface area contributed by atoms with E-state index in [1.54, 1.807) is 41.3 Å². The van der Waals surface area contributed by atoms with Crippen LogP contribution in [0.4, 0.5) is 0 Å². The van der Waals surface area contributed by atoms with Crippen molar-refractivity contribution in [3.63, 3.8) is 0 Å². The molecular formula is C36H38ClN3O4S. The maximum absolute atomic E-state index is 14.0. The number of hydrogen-bond donors (Lipinski definition) is 2. The number of benzene rings is 4. The molecule has 0 aromatic heterocycles. The van der Waals surface area contributed by atoms with Gasteiger partial charge in [-0.05, 0) is 72.7 Å². The molecule has 1 atom stereocenters. The van der Waals surface area contributed by atoms with Crippen LogP contribution in [-0.2, 0) is 45.5 Å². The second-order valence-corrected chi connectivity index (χ2v) is 13.7. The van der Waals surface area contributed by atoms with Gasteiger partial charge in [-0.1, -0.05) is 96.0 Å². The molecule has 0 spiro atoms. The Balaban J connectivity index is 1.36. The van der Waals surface area contributed by atoms with E-state index in [1.165, 1.54) is 0 Å². The number of carbonyl (C=O) groups is 2. The lowest BCUT2D eigenvalue weighted by molar-refractivity contribution is -0.141. The van der Waals surface area contributed by atoms with Crippen LogP contribution in [0.15, 0.2) is 108 Å². The topological polar surface area (TPSA) is 95.6 Å². The van der Waals surface area contributed by atoms with Crippen molar-refractivity contribution < 1.29 is 18.0 Å². The minimum atomic E-state index is -3.55. The zero-order chi connectivity index (χ0) is 31.8. The van der Waals surface area contributed by atoms with Crippen LogP contribution in [0.5, 0.6) is 0 Å². The van der Waals surface area contributed by atoms with E-state index in [0.29, 0.717) is 24.4 Å². The molecule has 1 saturated carbocycles. The van der Waals surface area contributed by atoms with Crippen LogP contribution in [0.2, 0.25) is 5.02 Å². The molecule has 0 unspecified atom stereocenters. The summed E-state index contributed by atoms with van der Waals surface area (Å²) < 4.78 is 27.8. The van der Waals surface area contributed by atoms with Gasteiger partial charge in [-0.25, -0.2) is 13.1 Å². The average molecular weight is 644 g/mol. The second-order valence-electron chi connectivity index (χ2n) is 11.6. The summed E-state index contributed by atoms with van der Waals surface area (Å²) in [5.41, 5.74) is 4.75. The van der Waals surface area contributed by atoms with Gasteiger partial charge in [0.15, 0.2) is 0 Å².